The van der Waals surface area contributed by atoms with Crippen LogP contribution in [0.1, 0.15) is 23.2 Å². The molecule has 0 radical (unpaired) electrons. The Kier molecular flexibility index (Phi) is 1.87. The molecule has 78 valence electrons. The molecule has 1 aromatic heterocycles. The summed E-state index contributed by atoms with van der Waals surface area (Å²) in [4.78, 5) is 0. The molecule has 1 heterocycles. The van der Waals surface area contributed by atoms with Crippen molar-refractivity contribution >= 4 is 17.0 Å². The molecular formula is C14H12N2. The van der Waals surface area contributed by atoms with Crippen LogP contribution in [0, 0.1) is 11.3 Å². The van der Waals surface area contributed by atoms with Gasteiger partial charge in [0.1, 0.15) is 0 Å². The normalized spacial score (nSPS) is 13.8. The first-order valence-corrected chi connectivity index (χ1v) is 5.49. The summed E-state index contributed by atoms with van der Waals surface area (Å²) in [7, 11) is 2.08. The molecule has 0 N–H and O–H groups in total. The Balaban J connectivity index is 2.41. The van der Waals surface area contributed by atoms with Gasteiger partial charge in [0, 0.05) is 29.2 Å². The Morgan fingerprint density at radius 3 is 3.06 bits per heavy atom. The van der Waals surface area contributed by atoms with E-state index < -0.39 is 0 Å². The zero-order valence-electron chi connectivity index (χ0n) is 9.20. The molecule has 0 unspecified atom stereocenters. The lowest BCUT2D eigenvalue weighted by atomic mass is 10.0. The van der Waals surface area contributed by atoms with E-state index in [0.717, 1.165) is 23.9 Å². The van der Waals surface area contributed by atoms with Gasteiger partial charge in [-0.15, -0.1) is 0 Å². The number of allylic oxidation sites excluding steroid dienone is 1. The van der Waals surface area contributed by atoms with Crippen molar-refractivity contribution in [2.75, 3.05) is 0 Å². The number of hydrogen-bond acceptors (Lipinski definition) is 1. The minimum absolute atomic E-state index is 0.731. The highest BCUT2D eigenvalue weighted by Gasteiger charge is 2.14. The molecule has 1 aliphatic carbocycles. The molecule has 0 spiro atoms. The largest absolute Gasteiger partial charge is 0.347 e. The molecule has 2 aromatic rings. The predicted molar refractivity (Wildman–Crippen MR) is 65.0 cm³/mol. The molecule has 3 rings (SSSR count). The van der Waals surface area contributed by atoms with E-state index in [2.05, 4.69) is 35.9 Å². The van der Waals surface area contributed by atoms with Crippen LogP contribution < -0.4 is 0 Å². The summed E-state index contributed by atoms with van der Waals surface area (Å²) < 4.78 is 2.22. The molecule has 2 heteroatoms. The second-order valence-corrected chi connectivity index (χ2v) is 4.20. The summed E-state index contributed by atoms with van der Waals surface area (Å²) in [5.74, 6) is 0. The zero-order chi connectivity index (χ0) is 11.1. The Labute approximate surface area is 94.4 Å². The molecule has 0 bridgehead atoms. The Hall–Kier alpha value is -2.01. The fourth-order valence-corrected chi connectivity index (χ4v) is 2.50. The molecule has 0 atom stereocenters. The third-order valence-corrected chi connectivity index (χ3v) is 3.33. The molecule has 0 fully saturated rings. The van der Waals surface area contributed by atoms with Gasteiger partial charge in [0.05, 0.1) is 11.6 Å². The molecule has 0 aliphatic heterocycles. The Morgan fingerprint density at radius 1 is 1.38 bits per heavy atom. The number of hydrogen-bond donors (Lipinski definition) is 0. The number of rotatable bonds is 0. The quantitative estimate of drug-likeness (QED) is 0.654. The van der Waals surface area contributed by atoms with Crippen LogP contribution in [0.15, 0.2) is 24.3 Å². The highest BCUT2D eigenvalue weighted by molar-refractivity contribution is 5.92. The lowest BCUT2D eigenvalue weighted by Crippen LogP contribution is -1.99. The van der Waals surface area contributed by atoms with Crippen molar-refractivity contribution in [2.45, 2.75) is 12.8 Å². The third kappa shape index (κ3) is 1.12. The van der Waals surface area contributed by atoms with E-state index in [0.29, 0.717) is 0 Å². The number of benzene rings is 1. The molecule has 1 aromatic carbocycles. The highest BCUT2D eigenvalue weighted by Crippen LogP contribution is 2.30. The van der Waals surface area contributed by atoms with E-state index in [1.54, 1.807) is 0 Å². The van der Waals surface area contributed by atoms with E-state index >= 15 is 0 Å². The first-order valence-electron chi connectivity index (χ1n) is 5.49. The average molecular weight is 208 g/mol. The number of nitriles is 1. The molecule has 16 heavy (non-hydrogen) atoms. The SMILES string of the molecule is Cn1c2c(c3ccc(C#N)cc31)C=CCC2. The van der Waals surface area contributed by atoms with Gasteiger partial charge in [-0.1, -0.05) is 18.2 Å². The summed E-state index contributed by atoms with van der Waals surface area (Å²) in [6.07, 6.45) is 6.63. The van der Waals surface area contributed by atoms with Crippen molar-refractivity contribution < 1.29 is 0 Å². The van der Waals surface area contributed by atoms with Gasteiger partial charge < -0.3 is 4.57 Å². The number of aromatic nitrogens is 1. The molecule has 0 saturated carbocycles. The molecule has 0 amide bonds. The van der Waals surface area contributed by atoms with Crippen molar-refractivity contribution in [3.8, 4) is 6.07 Å². The van der Waals surface area contributed by atoms with Crippen molar-refractivity contribution in [3.05, 3.63) is 41.1 Å². The maximum Gasteiger partial charge on any atom is 0.0992 e. The molecule has 1 aliphatic rings. The average Bonchev–Trinajstić information content (AvgIpc) is 2.64. The fourth-order valence-electron chi connectivity index (χ4n) is 2.50. The van der Waals surface area contributed by atoms with Crippen LogP contribution in [-0.4, -0.2) is 4.57 Å². The Bertz CT molecular complexity index is 639. The predicted octanol–water partition coefficient (Wildman–Crippen LogP) is 3.01. The van der Waals surface area contributed by atoms with Gasteiger partial charge in [-0.25, -0.2) is 0 Å². The van der Waals surface area contributed by atoms with Gasteiger partial charge in [-0.3, -0.25) is 0 Å². The van der Waals surface area contributed by atoms with E-state index in [9.17, 15) is 0 Å². The maximum absolute atomic E-state index is 8.92. The molecular weight excluding hydrogens is 196 g/mol. The van der Waals surface area contributed by atoms with Gasteiger partial charge in [-0.05, 0) is 25.0 Å². The van der Waals surface area contributed by atoms with Gasteiger partial charge in [0.15, 0.2) is 0 Å². The summed E-state index contributed by atoms with van der Waals surface area (Å²) in [5, 5.41) is 10.2. The van der Waals surface area contributed by atoms with Crippen LogP contribution in [0.2, 0.25) is 0 Å². The fraction of sp³-hybridized carbons (Fsp3) is 0.214. The Morgan fingerprint density at radius 2 is 2.25 bits per heavy atom. The van der Waals surface area contributed by atoms with Crippen molar-refractivity contribution in [1.82, 2.24) is 4.57 Å². The summed E-state index contributed by atoms with van der Waals surface area (Å²) in [6, 6.07) is 8.12. The summed E-state index contributed by atoms with van der Waals surface area (Å²) >= 11 is 0. The summed E-state index contributed by atoms with van der Waals surface area (Å²) in [6.45, 7) is 0. The first kappa shape index (κ1) is 9.23. The smallest absolute Gasteiger partial charge is 0.0992 e. The minimum atomic E-state index is 0.731. The van der Waals surface area contributed by atoms with E-state index in [4.69, 9.17) is 5.26 Å². The van der Waals surface area contributed by atoms with Crippen LogP contribution in [0.5, 0.6) is 0 Å². The first-order chi connectivity index (χ1) is 7.81. The number of nitrogens with zero attached hydrogens (tertiary/aromatic N) is 2. The van der Waals surface area contributed by atoms with Crippen LogP contribution >= 0.6 is 0 Å². The van der Waals surface area contributed by atoms with Gasteiger partial charge in [0.2, 0.25) is 0 Å². The lowest BCUT2D eigenvalue weighted by molar-refractivity contribution is 0.824. The second-order valence-electron chi connectivity index (χ2n) is 4.20. The third-order valence-electron chi connectivity index (χ3n) is 3.33. The topological polar surface area (TPSA) is 28.7 Å². The molecule has 0 saturated heterocycles. The lowest BCUT2D eigenvalue weighted by Gasteiger charge is -2.07. The van der Waals surface area contributed by atoms with E-state index in [1.165, 1.54) is 16.6 Å². The van der Waals surface area contributed by atoms with Crippen LogP contribution in [0.3, 0.4) is 0 Å². The van der Waals surface area contributed by atoms with Crippen LogP contribution in [0.25, 0.3) is 17.0 Å². The minimum Gasteiger partial charge on any atom is -0.347 e. The van der Waals surface area contributed by atoms with Gasteiger partial charge in [0.25, 0.3) is 0 Å². The second kappa shape index (κ2) is 3.24. The number of fused-ring (bicyclic) bond motifs is 3. The number of aryl methyl sites for hydroxylation is 1. The van der Waals surface area contributed by atoms with E-state index in [1.807, 2.05) is 12.1 Å². The zero-order valence-corrected chi connectivity index (χ0v) is 9.20. The van der Waals surface area contributed by atoms with Crippen molar-refractivity contribution in [2.24, 2.45) is 7.05 Å². The van der Waals surface area contributed by atoms with Crippen LogP contribution in [0.4, 0.5) is 0 Å². The summed E-state index contributed by atoms with van der Waals surface area (Å²) in [5.41, 5.74) is 4.60. The van der Waals surface area contributed by atoms with Gasteiger partial charge in [-0.2, -0.15) is 5.26 Å². The van der Waals surface area contributed by atoms with Crippen LogP contribution in [-0.2, 0) is 13.5 Å². The van der Waals surface area contributed by atoms with Crippen molar-refractivity contribution in [1.29, 1.82) is 5.26 Å². The highest BCUT2D eigenvalue weighted by atomic mass is 14.9. The molecule has 2 nitrogen and oxygen atoms in total. The standard InChI is InChI=1S/C14H12N2/c1-16-13-5-3-2-4-11(13)12-7-6-10(9-15)8-14(12)16/h2,4,6-8H,3,5H2,1H3. The van der Waals surface area contributed by atoms with Crippen molar-refractivity contribution in [3.63, 3.8) is 0 Å². The monoisotopic (exact) mass is 208 g/mol. The van der Waals surface area contributed by atoms with Gasteiger partial charge >= 0.3 is 0 Å². The van der Waals surface area contributed by atoms with E-state index in [-0.39, 0.29) is 0 Å². The maximum atomic E-state index is 8.92.